The molecule has 5 nitrogen and oxygen atoms in total. The third kappa shape index (κ3) is 4.41. The molecule has 3 atom stereocenters. The van der Waals surface area contributed by atoms with Crippen LogP contribution in [0.5, 0.6) is 0 Å². The van der Waals surface area contributed by atoms with Gasteiger partial charge in [0.15, 0.2) is 0 Å². The number of hydrogen-bond donors (Lipinski definition) is 1. The Kier molecular flexibility index (Phi) is 5.30. The molecule has 1 aromatic carbocycles. The van der Waals surface area contributed by atoms with Crippen molar-refractivity contribution in [2.75, 3.05) is 13.6 Å². The van der Waals surface area contributed by atoms with Crippen molar-refractivity contribution in [1.29, 1.82) is 0 Å². The number of amides is 1. The summed E-state index contributed by atoms with van der Waals surface area (Å²) in [5.74, 6) is 1.46. The van der Waals surface area contributed by atoms with Gasteiger partial charge in [0.25, 0.3) is 0 Å². The van der Waals surface area contributed by atoms with E-state index in [4.69, 9.17) is 0 Å². The molecule has 1 saturated carbocycles. The highest BCUT2D eigenvalue weighted by atomic mass is 16.2. The second kappa shape index (κ2) is 7.85. The molecule has 0 unspecified atom stereocenters. The van der Waals surface area contributed by atoms with Gasteiger partial charge in [-0.25, -0.2) is 0 Å². The number of carbonyl (C=O) groups excluding carboxylic acids is 1. The van der Waals surface area contributed by atoms with Crippen LogP contribution in [0.25, 0.3) is 0 Å². The number of likely N-dealkylation sites (tertiary alicyclic amines) is 1. The predicted octanol–water partition coefficient (Wildman–Crippen LogP) is 3.23. The summed E-state index contributed by atoms with van der Waals surface area (Å²) in [5, 5.41) is 8.23. The maximum atomic E-state index is 12.4. The van der Waals surface area contributed by atoms with E-state index in [-0.39, 0.29) is 11.9 Å². The lowest BCUT2D eigenvalue weighted by Crippen LogP contribution is -2.34. The lowest BCUT2D eigenvalue weighted by Gasteiger charge is -2.25. The summed E-state index contributed by atoms with van der Waals surface area (Å²) in [5.41, 5.74) is 2.37. The Hall–Kier alpha value is -2.14. The quantitative estimate of drug-likeness (QED) is 0.780. The van der Waals surface area contributed by atoms with Crippen molar-refractivity contribution in [3.63, 3.8) is 0 Å². The minimum atomic E-state index is 0.114. The van der Waals surface area contributed by atoms with E-state index < -0.39 is 0 Å². The lowest BCUT2D eigenvalue weighted by molar-refractivity contribution is -0.127. The van der Waals surface area contributed by atoms with E-state index in [1.807, 2.05) is 41.0 Å². The highest BCUT2D eigenvalue weighted by Crippen LogP contribution is 2.37. The van der Waals surface area contributed by atoms with E-state index in [9.17, 15) is 4.79 Å². The monoisotopic (exact) mass is 366 g/mol. The maximum Gasteiger partial charge on any atom is 0.223 e. The SMILES string of the molecule is C[C@@H](CC1CC1)NC[C@@H]1CC(=O)N(C)[C@H]1c1cnn(Cc2ccccc2)c1. The zero-order valence-electron chi connectivity index (χ0n) is 16.3. The largest absolute Gasteiger partial charge is 0.338 e. The van der Waals surface area contributed by atoms with Gasteiger partial charge in [-0.05, 0) is 24.8 Å². The van der Waals surface area contributed by atoms with E-state index in [1.165, 1.54) is 24.8 Å². The normalized spacial score (nSPS) is 23.8. The van der Waals surface area contributed by atoms with Crippen molar-refractivity contribution >= 4 is 5.91 Å². The van der Waals surface area contributed by atoms with Gasteiger partial charge in [0.2, 0.25) is 5.91 Å². The smallest absolute Gasteiger partial charge is 0.223 e. The third-order valence-corrected chi connectivity index (χ3v) is 5.99. The van der Waals surface area contributed by atoms with Crippen LogP contribution >= 0.6 is 0 Å². The zero-order valence-corrected chi connectivity index (χ0v) is 16.3. The van der Waals surface area contributed by atoms with Crippen molar-refractivity contribution in [3.8, 4) is 0 Å². The lowest BCUT2D eigenvalue weighted by atomic mass is 9.95. The molecular weight excluding hydrogens is 336 g/mol. The molecule has 2 heterocycles. The van der Waals surface area contributed by atoms with E-state index in [2.05, 4.69) is 35.7 Å². The van der Waals surface area contributed by atoms with Crippen molar-refractivity contribution in [3.05, 3.63) is 53.9 Å². The average molecular weight is 367 g/mol. The minimum Gasteiger partial charge on any atom is -0.338 e. The fourth-order valence-corrected chi connectivity index (χ4v) is 4.31. The molecule has 2 fully saturated rings. The number of nitrogens with one attached hydrogen (secondary N) is 1. The molecule has 1 amide bonds. The first kappa shape index (κ1) is 18.2. The van der Waals surface area contributed by atoms with Crippen molar-refractivity contribution in [2.24, 2.45) is 11.8 Å². The standard InChI is InChI=1S/C22H30N4O/c1-16(10-17-8-9-17)23-12-19-11-21(27)25(2)22(19)20-13-24-26(15-20)14-18-6-4-3-5-7-18/h3-7,13,15-17,19,22-23H,8-12,14H2,1-2H3/t16-,19-,22+/m0/s1. The topological polar surface area (TPSA) is 50.2 Å². The number of hydrogen-bond acceptors (Lipinski definition) is 3. The molecule has 4 rings (SSSR count). The van der Waals surface area contributed by atoms with E-state index >= 15 is 0 Å². The highest BCUT2D eigenvalue weighted by Gasteiger charge is 2.39. The molecule has 1 aliphatic heterocycles. The average Bonchev–Trinajstić information content (AvgIpc) is 3.28. The fraction of sp³-hybridized carbons (Fsp3) is 0.545. The van der Waals surface area contributed by atoms with Crippen LogP contribution in [0.2, 0.25) is 0 Å². The molecule has 1 aromatic heterocycles. The molecule has 0 spiro atoms. The first-order chi connectivity index (χ1) is 13.1. The number of benzene rings is 1. The minimum absolute atomic E-state index is 0.114. The Morgan fingerprint density at radius 2 is 2.04 bits per heavy atom. The van der Waals surface area contributed by atoms with Gasteiger partial charge in [0.1, 0.15) is 0 Å². The molecular formula is C22H30N4O. The highest BCUT2D eigenvalue weighted by molar-refractivity contribution is 5.79. The second-order valence-corrected chi connectivity index (χ2v) is 8.36. The Bertz CT molecular complexity index is 768. The fourth-order valence-electron chi connectivity index (χ4n) is 4.31. The first-order valence-electron chi connectivity index (χ1n) is 10.2. The molecule has 0 bridgehead atoms. The number of carbonyl (C=O) groups is 1. The summed E-state index contributed by atoms with van der Waals surface area (Å²) in [4.78, 5) is 14.3. The number of rotatable bonds is 8. The summed E-state index contributed by atoms with van der Waals surface area (Å²) >= 11 is 0. The maximum absolute atomic E-state index is 12.4. The van der Waals surface area contributed by atoms with Crippen LogP contribution in [0.1, 0.15) is 49.8 Å². The van der Waals surface area contributed by atoms with E-state index in [0.717, 1.165) is 24.6 Å². The molecule has 144 valence electrons. The Balaban J connectivity index is 1.42. The molecule has 1 N–H and O–H groups in total. The molecule has 27 heavy (non-hydrogen) atoms. The summed E-state index contributed by atoms with van der Waals surface area (Å²) < 4.78 is 1.97. The van der Waals surface area contributed by atoms with Gasteiger partial charge in [-0.1, -0.05) is 43.2 Å². The molecule has 1 saturated heterocycles. The molecule has 2 aliphatic rings. The van der Waals surface area contributed by atoms with Crippen LogP contribution in [0.4, 0.5) is 0 Å². The van der Waals surface area contributed by atoms with Gasteiger partial charge >= 0.3 is 0 Å². The van der Waals surface area contributed by atoms with Gasteiger partial charge in [-0.3, -0.25) is 9.48 Å². The van der Waals surface area contributed by atoms with Crippen LogP contribution in [0.3, 0.4) is 0 Å². The first-order valence-corrected chi connectivity index (χ1v) is 10.2. The molecule has 5 heteroatoms. The molecule has 2 aromatic rings. The number of aromatic nitrogens is 2. The summed E-state index contributed by atoms with van der Waals surface area (Å²) in [6.07, 6.45) is 8.70. The number of nitrogens with zero attached hydrogens (tertiary/aromatic N) is 3. The third-order valence-electron chi connectivity index (χ3n) is 5.99. The Morgan fingerprint density at radius 3 is 2.78 bits per heavy atom. The van der Waals surface area contributed by atoms with Crippen LogP contribution in [-0.2, 0) is 11.3 Å². The second-order valence-electron chi connectivity index (χ2n) is 8.36. The van der Waals surface area contributed by atoms with Crippen LogP contribution < -0.4 is 5.32 Å². The van der Waals surface area contributed by atoms with Crippen molar-refractivity contribution < 1.29 is 4.79 Å². The van der Waals surface area contributed by atoms with Crippen molar-refractivity contribution in [1.82, 2.24) is 20.0 Å². The molecule has 0 radical (unpaired) electrons. The predicted molar refractivity (Wildman–Crippen MR) is 106 cm³/mol. The van der Waals surface area contributed by atoms with Gasteiger partial charge in [0.05, 0.1) is 18.8 Å². The van der Waals surface area contributed by atoms with Gasteiger partial charge in [-0.2, -0.15) is 5.10 Å². The Morgan fingerprint density at radius 1 is 1.26 bits per heavy atom. The summed E-state index contributed by atoms with van der Waals surface area (Å²) in [7, 11) is 1.93. The van der Waals surface area contributed by atoms with E-state index in [0.29, 0.717) is 18.4 Å². The zero-order chi connectivity index (χ0) is 18.8. The summed E-state index contributed by atoms with van der Waals surface area (Å²) in [6, 6.07) is 11.0. The van der Waals surface area contributed by atoms with E-state index in [1.54, 1.807) is 0 Å². The van der Waals surface area contributed by atoms with Crippen LogP contribution in [-0.4, -0.2) is 40.2 Å². The molecule has 1 aliphatic carbocycles. The van der Waals surface area contributed by atoms with Crippen molar-refractivity contribution in [2.45, 2.75) is 51.2 Å². The van der Waals surface area contributed by atoms with Gasteiger partial charge < -0.3 is 10.2 Å². The summed E-state index contributed by atoms with van der Waals surface area (Å²) in [6.45, 7) is 3.91. The Labute approximate surface area is 161 Å². The van der Waals surface area contributed by atoms with Crippen LogP contribution in [0.15, 0.2) is 42.7 Å². The van der Waals surface area contributed by atoms with Gasteiger partial charge in [0, 0.05) is 43.7 Å². The van der Waals surface area contributed by atoms with Crippen LogP contribution in [0, 0.1) is 11.8 Å². The van der Waals surface area contributed by atoms with Gasteiger partial charge in [-0.15, -0.1) is 0 Å².